The number of rotatable bonds is 5. The largest absolute Gasteiger partial charge is 0.480 e. The van der Waals surface area contributed by atoms with Crippen LogP contribution in [0.1, 0.15) is 0 Å². The normalized spacial score (nSPS) is 10.5. The van der Waals surface area contributed by atoms with Crippen LogP contribution in [0.4, 0.5) is 24.5 Å². The number of nitrogens with two attached hydrogens (primary N) is 1. The maximum Gasteiger partial charge on any atom is 0.387 e. The zero-order valence-electron chi connectivity index (χ0n) is 9.36. The van der Waals surface area contributed by atoms with Crippen LogP contribution in [-0.2, 0) is 4.79 Å². The molecule has 5 nitrogen and oxygen atoms in total. The van der Waals surface area contributed by atoms with Crippen molar-refractivity contribution < 1.29 is 27.8 Å². The van der Waals surface area contributed by atoms with E-state index >= 15 is 0 Å². The number of hydrogen-bond acceptors (Lipinski definition) is 4. The van der Waals surface area contributed by atoms with Gasteiger partial charge in [-0.1, -0.05) is 0 Å². The Balaban J connectivity index is 3.07. The summed E-state index contributed by atoms with van der Waals surface area (Å²) in [6, 6.07) is 1.73. The summed E-state index contributed by atoms with van der Waals surface area (Å²) in [7, 11) is 1.38. The van der Waals surface area contributed by atoms with Crippen LogP contribution in [0.5, 0.6) is 5.75 Å². The van der Waals surface area contributed by atoms with Crippen LogP contribution in [0.25, 0.3) is 0 Å². The van der Waals surface area contributed by atoms with E-state index in [1.165, 1.54) is 11.9 Å². The molecule has 8 heteroatoms. The van der Waals surface area contributed by atoms with Gasteiger partial charge in [-0.05, 0) is 0 Å². The molecule has 0 aliphatic rings. The van der Waals surface area contributed by atoms with Crippen LogP contribution in [0.2, 0.25) is 0 Å². The highest BCUT2D eigenvalue weighted by molar-refractivity contribution is 5.77. The fraction of sp³-hybridized carbons (Fsp3) is 0.300. The molecular weight excluding hydrogens is 253 g/mol. The lowest BCUT2D eigenvalue weighted by Gasteiger charge is -2.20. The molecule has 0 aliphatic heterocycles. The zero-order valence-corrected chi connectivity index (χ0v) is 9.36. The van der Waals surface area contributed by atoms with Crippen LogP contribution in [-0.4, -0.2) is 31.3 Å². The van der Waals surface area contributed by atoms with Gasteiger partial charge in [-0.15, -0.1) is 0 Å². The van der Waals surface area contributed by atoms with Gasteiger partial charge in [0.1, 0.15) is 6.54 Å². The number of nitrogen functional groups attached to an aromatic ring is 1. The standard InChI is InChI=1S/C10H11F3N2O3/c1-15(4-9(16)17)7-3-8(18-10(12)13)5(11)2-6(7)14/h2-3,10H,4,14H2,1H3,(H,16,17). The molecule has 0 heterocycles. The van der Waals surface area contributed by atoms with E-state index in [0.717, 1.165) is 12.1 Å². The lowest BCUT2D eigenvalue weighted by Crippen LogP contribution is -2.26. The van der Waals surface area contributed by atoms with E-state index < -0.39 is 30.7 Å². The first-order valence-electron chi connectivity index (χ1n) is 4.78. The van der Waals surface area contributed by atoms with Crippen LogP contribution in [0.15, 0.2) is 12.1 Å². The minimum absolute atomic E-state index is 0.0714. The summed E-state index contributed by atoms with van der Waals surface area (Å²) in [5.74, 6) is -2.87. The minimum atomic E-state index is -3.18. The molecule has 1 aromatic rings. The van der Waals surface area contributed by atoms with Gasteiger partial charge in [0.2, 0.25) is 0 Å². The lowest BCUT2D eigenvalue weighted by molar-refractivity contribution is -0.135. The van der Waals surface area contributed by atoms with Gasteiger partial charge in [-0.25, -0.2) is 4.39 Å². The number of carboxylic acids is 1. The number of nitrogens with zero attached hydrogens (tertiary/aromatic N) is 1. The van der Waals surface area contributed by atoms with Gasteiger partial charge in [0.05, 0.1) is 11.4 Å². The number of anilines is 2. The fourth-order valence-electron chi connectivity index (χ4n) is 1.36. The highest BCUT2D eigenvalue weighted by Crippen LogP contribution is 2.31. The third-order valence-corrected chi connectivity index (χ3v) is 2.08. The molecule has 100 valence electrons. The van der Waals surface area contributed by atoms with Crippen molar-refractivity contribution >= 4 is 17.3 Å². The highest BCUT2D eigenvalue weighted by atomic mass is 19.3. The summed E-state index contributed by atoms with van der Waals surface area (Å²) in [5, 5.41) is 8.60. The summed E-state index contributed by atoms with van der Waals surface area (Å²) >= 11 is 0. The van der Waals surface area contributed by atoms with E-state index in [4.69, 9.17) is 10.8 Å². The number of benzene rings is 1. The summed E-state index contributed by atoms with van der Waals surface area (Å²) in [6.07, 6.45) is 0. The van der Waals surface area contributed by atoms with Crippen molar-refractivity contribution in [3.05, 3.63) is 17.9 Å². The molecule has 0 aromatic heterocycles. The molecule has 3 N–H and O–H groups in total. The Morgan fingerprint density at radius 1 is 1.56 bits per heavy atom. The summed E-state index contributed by atoms with van der Waals surface area (Å²) in [4.78, 5) is 11.7. The van der Waals surface area contributed by atoms with E-state index in [0.29, 0.717) is 0 Å². The molecule has 0 radical (unpaired) electrons. The number of aliphatic carboxylic acids is 1. The first-order valence-corrected chi connectivity index (χ1v) is 4.78. The molecule has 0 spiro atoms. The van der Waals surface area contributed by atoms with Crippen molar-refractivity contribution in [1.82, 2.24) is 0 Å². The van der Waals surface area contributed by atoms with Gasteiger partial charge >= 0.3 is 12.6 Å². The second kappa shape index (κ2) is 5.48. The van der Waals surface area contributed by atoms with Crippen molar-refractivity contribution in [2.45, 2.75) is 6.61 Å². The maximum atomic E-state index is 13.2. The summed E-state index contributed by atoms with van der Waals surface area (Å²) in [5.41, 5.74) is 5.50. The minimum Gasteiger partial charge on any atom is -0.480 e. The van der Waals surface area contributed by atoms with Crippen LogP contribution >= 0.6 is 0 Å². The number of likely N-dealkylation sites (N-methyl/N-ethyl adjacent to an activating group) is 1. The predicted molar refractivity (Wildman–Crippen MR) is 58.4 cm³/mol. The number of halogens is 3. The number of alkyl halides is 2. The van der Waals surface area contributed by atoms with Crippen LogP contribution in [0, 0.1) is 5.82 Å². The molecule has 0 saturated heterocycles. The van der Waals surface area contributed by atoms with Gasteiger partial charge in [0.15, 0.2) is 11.6 Å². The number of carboxylic acid groups (broad SMARTS) is 1. The smallest absolute Gasteiger partial charge is 0.387 e. The van der Waals surface area contributed by atoms with E-state index in [9.17, 15) is 18.0 Å². The molecule has 0 fully saturated rings. The topological polar surface area (TPSA) is 75.8 Å². The molecule has 0 saturated carbocycles. The van der Waals surface area contributed by atoms with E-state index in [-0.39, 0.29) is 11.4 Å². The van der Waals surface area contributed by atoms with Gasteiger partial charge in [-0.2, -0.15) is 8.78 Å². The third-order valence-electron chi connectivity index (χ3n) is 2.08. The van der Waals surface area contributed by atoms with E-state index in [2.05, 4.69) is 4.74 Å². The Kier molecular flexibility index (Phi) is 4.24. The highest BCUT2D eigenvalue weighted by Gasteiger charge is 2.16. The Labute approximate surface area is 101 Å². The Bertz CT molecular complexity index is 454. The SMILES string of the molecule is CN(CC(=O)O)c1cc(OC(F)F)c(F)cc1N. The number of carbonyl (C=O) groups is 1. The van der Waals surface area contributed by atoms with Crippen LogP contribution in [0.3, 0.4) is 0 Å². The summed E-state index contributed by atoms with van der Waals surface area (Å²) in [6.45, 7) is -3.59. The lowest BCUT2D eigenvalue weighted by atomic mass is 10.2. The van der Waals surface area contributed by atoms with Gasteiger partial charge in [-0.3, -0.25) is 4.79 Å². The molecule has 0 unspecified atom stereocenters. The average Bonchev–Trinajstić information content (AvgIpc) is 2.20. The van der Waals surface area contributed by atoms with Gasteiger partial charge in [0.25, 0.3) is 0 Å². The molecule has 0 bridgehead atoms. The molecular formula is C10H11F3N2O3. The quantitative estimate of drug-likeness (QED) is 0.789. The van der Waals surface area contributed by atoms with Crippen molar-refractivity contribution in [3.8, 4) is 5.75 Å². The first kappa shape index (κ1) is 13.9. The van der Waals surface area contributed by atoms with Crippen molar-refractivity contribution in [2.24, 2.45) is 0 Å². The maximum absolute atomic E-state index is 13.2. The third kappa shape index (κ3) is 3.44. The van der Waals surface area contributed by atoms with Gasteiger partial charge in [0, 0.05) is 19.2 Å². The van der Waals surface area contributed by atoms with Crippen molar-refractivity contribution in [1.29, 1.82) is 0 Å². The Hall–Kier alpha value is -2.12. The molecule has 1 aromatic carbocycles. The Morgan fingerprint density at radius 2 is 2.17 bits per heavy atom. The fourth-order valence-corrected chi connectivity index (χ4v) is 1.36. The van der Waals surface area contributed by atoms with Gasteiger partial charge < -0.3 is 20.5 Å². The van der Waals surface area contributed by atoms with Crippen LogP contribution < -0.4 is 15.4 Å². The molecule has 0 aliphatic carbocycles. The first-order chi connectivity index (χ1) is 8.31. The number of ether oxygens (including phenoxy) is 1. The van der Waals surface area contributed by atoms with Crippen molar-refractivity contribution in [2.75, 3.05) is 24.2 Å². The second-order valence-electron chi connectivity index (χ2n) is 3.47. The molecule has 0 atom stereocenters. The predicted octanol–water partition coefficient (Wildman–Crippen LogP) is 1.53. The number of hydrogen-bond donors (Lipinski definition) is 2. The van der Waals surface area contributed by atoms with E-state index in [1.54, 1.807) is 0 Å². The molecule has 1 rings (SSSR count). The monoisotopic (exact) mass is 264 g/mol. The van der Waals surface area contributed by atoms with Crippen molar-refractivity contribution in [3.63, 3.8) is 0 Å². The molecule has 0 amide bonds. The van der Waals surface area contributed by atoms with E-state index in [1.807, 2.05) is 0 Å². The Morgan fingerprint density at radius 3 is 2.67 bits per heavy atom. The second-order valence-corrected chi connectivity index (χ2v) is 3.47. The molecule has 18 heavy (non-hydrogen) atoms. The summed E-state index contributed by atoms with van der Waals surface area (Å²) < 4.78 is 41.2. The average molecular weight is 264 g/mol. The zero-order chi connectivity index (χ0) is 13.9.